The van der Waals surface area contributed by atoms with Crippen LogP contribution in [0.15, 0.2) is 79.1 Å². The van der Waals surface area contributed by atoms with Crippen LogP contribution in [0, 0.1) is 0 Å². The lowest BCUT2D eigenvalue weighted by Crippen LogP contribution is -2.14. The molecular formula is C26H30N2O2. The molecule has 0 aliphatic carbocycles. The highest BCUT2D eigenvalue weighted by molar-refractivity contribution is 5.69. The molecule has 156 valence electrons. The second kappa shape index (κ2) is 11.3. The zero-order chi connectivity index (χ0) is 21.2. The van der Waals surface area contributed by atoms with Crippen molar-refractivity contribution in [2.75, 3.05) is 13.7 Å². The number of rotatable bonds is 10. The number of pyridine rings is 1. The monoisotopic (exact) mass is 402 g/mol. The Hall–Kier alpha value is -2.98. The summed E-state index contributed by atoms with van der Waals surface area (Å²) < 4.78 is 4.72. The van der Waals surface area contributed by atoms with Gasteiger partial charge in [-0.05, 0) is 60.0 Å². The number of hydrogen-bond acceptors (Lipinski definition) is 4. The predicted octanol–water partition coefficient (Wildman–Crippen LogP) is 4.84. The zero-order valence-corrected chi connectivity index (χ0v) is 17.5. The topological polar surface area (TPSA) is 65.2 Å². The van der Waals surface area contributed by atoms with Gasteiger partial charge >= 0.3 is 5.97 Å². The molecule has 0 saturated heterocycles. The van der Waals surface area contributed by atoms with Gasteiger partial charge in [-0.1, -0.05) is 60.7 Å². The molecule has 4 nitrogen and oxygen atoms in total. The minimum Gasteiger partial charge on any atom is -0.469 e. The predicted molar refractivity (Wildman–Crippen MR) is 120 cm³/mol. The van der Waals surface area contributed by atoms with Crippen LogP contribution in [0.2, 0.25) is 0 Å². The standard InChI is InChI=1S/C26H30N2O2/c1-30-26(29)16-11-20-9-12-21(13-10-20)23(18-27)14-15-25(22-6-3-2-4-7-22)24-8-5-17-28-19-24/h2-10,12-13,17,19,23,25H,11,14-16,18,27H2,1H3. The molecule has 1 aromatic heterocycles. The Bertz CT molecular complexity index is 856. The molecule has 0 saturated carbocycles. The summed E-state index contributed by atoms with van der Waals surface area (Å²) in [6, 6.07) is 23.2. The van der Waals surface area contributed by atoms with Crippen molar-refractivity contribution >= 4 is 5.97 Å². The van der Waals surface area contributed by atoms with Crippen molar-refractivity contribution in [2.45, 2.75) is 37.5 Å². The van der Waals surface area contributed by atoms with Crippen molar-refractivity contribution in [3.63, 3.8) is 0 Å². The number of benzene rings is 2. The maximum Gasteiger partial charge on any atom is 0.305 e. The van der Waals surface area contributed by atoms with Crippen LogP contribution in [-0.2, 0) is 16.0 Å². The van der Waals surface area contributed by atoms with Gasteiger partial charge < -0.3 is 10.5 Å². The molecule has 2 N–H and O–H groups in total. The minimum atomic E-state index is -0.179. The molecule has 0 aliphatic rings. The van der Waals surface area contributed by atoms with Gasteiger partial charge in [-0.2, -0.15) is 0 Å². The Morgan fingerprint density at radius 1 is 0.933 bits per heavy atom. The molecule has 0 aliphatic heterocycles. The van der Waals surface area contributed by atoms with Gasteiger partial charge in [0.15, 0.2) is 0 Å². The molecule has 0 radical (unpaired) electrons. The Morgan fingerprint density at radius 2 is 1.67 bits per heavy atom. The zero-order valence-electron chi connectivity index (χ0n) is 17.5. The van der Waals surface area contributed by atoms with E-state index in [-0.39, 0.29) is 5.97 Å². The van der Waals surface area contributed by atoms with Crippen LogP contribution in [0.1, 0.15) is 53.4 Å². The van der Waals surface area contributed by atoms with Crippen molar-refractivity contribution in [3.8, 4) is 0 Å². The molecule has 2 atom stereocenters. The normalized spacial score (nSPS) is 12.9. The molecule has 4 heteroatoms. The maximum atomic E-state index is 11.3. The molecular weight excluding hydrogens is 372 g/mol. The fourth-order valence-corrected chi connectivity index (χ4v) is 3.89. The fourth-order valence-electron chi connectivity index (χ4n) is 3.89. The first-order valence-corrected chi connectivity index (χ1v) is 10.5. The van der Waals surface area contributed by atoms with E-state index in [1.165, 1.54) is 23.8 Å². The van der Waals surface area contributed by atoms with Crippen LogP contribution in [0.25, 0.3) is 0 Å². The first-order valence-electron chi connectivity index (χ1n) is 10.5. The van der Waals surface area contributed by atoms with Crippen LogP contribution >= 0.6 is 0 Å². The number of nitrogens with two attached hydrogens (primary N) is 1. The Balaban J connectivity index is 1.68. The van der Waals surface area contributed by atoms with Gasteiger partial charge in [0.2, 0.25) is 0 Å². The number of nitrogens with zero attached hydrogens (tertiary/aromatic N) is 1. The van der Waals surface area contributed by atoms with Crippen LogP contribution in [-0.4, -0.2) is 24.6 Å². The molecule has 2 aromatic carbocycles. The maximum absolute atomic E-state index is 11.3. The van der Waals surface area contributed by atoms with Crippen LogP contribution in [0.5, 0.6) is 0 Å². The summed E-state index contributed by atoms with van der Waals surface area (Å²) in [4.78, 5) is 15.7. The largest absolute Gasteiger partial charge is 0.469 e. The highest BCUT2D eigenvalue weighted by atomic mass is 16.5. The number of aryl methyl sites for hydroxylation is 1. The number of hydrogen-bond donors (Lipinski definition) is 1. The van der Waals surface area contributed by atoms with E-state index in [1.54, 1.807) is 0 Å². The van der Waals surface area contributed by atoms with Gasteiger partial charge in [0.05, 0.1) is 7.11 Å². The lowest BCUT2D eigenvalue weighted by atomic mass is 9.84. The molecule has 3 aromatic rings. The number of methoxy groups -OCH3 is 1. The quantitative estimate of drug-likeness (QED) is 0.493. The fraction of sp³-hybridized carbons (Fsp3) is 0.308. The molecule has 0 bridgehead atoms. The van der Waals surface area contributed by atoms with Gasteiger partial charge in [0.25, 0.3) is 0 Å². The average Bonchev–Trinajstić information content (AvgIpc) is 2.82. The third kappa shape index (κ3) is 6.01. The van der Waals surface area contributed by atoms with E-state index in [2.05, 4.69) is 59.6 Å². The summed E-state index contributed by atoms with van der Waals surface area (Å²) in [7, 11) is 1.42. The van der Waals surface area contributed by atoms with Crippen molar-refractivity contribution in [3.05, 3.63) is 101 Å². The summed E-state index contributed by atoms with van der Waals surface area (Å²) in [5.41, 5.74) is 11.1. The highest BCUT2D eigenvalue weighted by Gasteiger charge is 2.18. The lowest BCUT2D eigenvalue weighted by Gasteiger charge is -2.22. The summed E-state index contributed by atoms with van der Waals surface area (Å²) in [5.74, 6) is 0.414. The number of aromatic nitrogens is 1. The number of carbonyl (C=O) groups is 1. The molecule has 0 fully saturated rings. The van der Waals surface area contributed by atoms with E-state index in [0.717, 1.165) is 18.4 Å². The van der Waals surface area contributed by atoms with E-state index < -0.39 is 0 Å². The molecule has 30 heavy (non-hydrogen) atoms. The first-order chi connectivity index (χ1) is 14.7. The molecule has 3 rings (SSSR count). The number of ether oxygens (including phenoxy) is 1. The van der Waals surface area contributed by atoms with Crippen molar-refractivity contribution in [2.24, 2.45) is 5.73 Å². The Kier molecular flexibility index (Phi) is 8.16. The Labute approximate surface area is 179 Å². The number of esters is 1. The van der Waals surface area contributed by atoms with Crippen molar-refractivity contribution in [1.29, 1.82) is 0 Å². The van der Waals surface area contributed by atoms with E-state index >= 15 is 0 Å². The molecule has 0 spiro atoms. The van der Waals surface area contributed by atoms with Crippen molar-refractivity contribution in [1.82, 2.24) is 4.98 Å². The van der Waals surface area contributed by atoms with Gasteiger partial charge in [-0.3, -0.25) is 9.78 Å². The van der Waals surface area contributed by atoms with Crippen LogP contribution in [0.3, 0.4) is 0 Å². The smallest absolute Gasteiger partial charge is 0.305 e. The second-order valence-electron chi connectivity index (χ2n) is 7.58. The van der Waals surface area contributed by atoms with E-state index in [4.69, 9.17) is 10.5 Å². The van der Waals surface area contributed by atoms with Crippen LogP contribution < -0.4 is 5.73 Å². The molecule has 0 amide bonds. The molecule has 1 heterocycles. The van der Waals surface area contributed by atoms with E-state index in [1.807, 2.05) is 24.5 Å². The summed E-state index contributed by atoms with van der Waals surface area (Å²) in [5, 5.41) is 0. The highest BCUT2D eigenvalue weighted by Crippen LogP contribution is 2.32. The molecule has 2 unspecified atom stereocenters. The summed E-state index contributed by atoms with van der Waals surface area (Å²) in [6.07, 6.45) is 6.87. The van der Waals surface area contributed by atoms with E-state index in [9.17, 15) is 4.79 Å². The van der Waals surface area contributed by atoms with E-state index in [0.29, 0.717) is 31.2 Å². The van der Waals surface area contributed by atoms with Gasteiger partial charge in [0.1, 0.15) is 0 Å². The SMILES string of the molecule is COC(=O)CCc1ccc(C(CN)CCC(c2ccccc2)c2cccnc2)cc1. The van der Waals surface area contributed by atoms with Crippen LogP contribution in [0.4, 0.5) is 0 Å². The first kappa shape index (κ1) is 21.7. The van der Waals surface area contributed by atoms with Gasteiger partial charge in [0, 0.05) is 24.7 Å². The van der Waals surface area contributed by atoms with Gasteiger partial charge in [-0.25, -0.2) is 0 Å². The third-order valence-electron chi connectivity index (χ3n) is 5.67. The van der Waals surface area contributed by atoms with Gasteiger partial charge in [-0.15, -0.1) is 0 Å². The number of carbonyl (C=O) groups excluding carboxylic acids is 1. The second-order valence-corrected chi connectivity index (χ2v) is 7.58. The van der Waals surface area contributed by atoms with Crippen molar-refractivity contribution < 1.29 is 9.53 Å². The summed E-state index contributed by atoms with van der Waals surface area (Å²) >= 11 is 0. The third-order valence-corrected chi connectivity index (χ3v) is 5.67. The summed E-state index contributed by atoms with van der Waals surface area (Å²) in [6.45, 7) is 0.607. The average molecular weight is 403 g/mol. The Morgan fingerprint density at radius 3 is 2.30 bits per heavy atom. The lowest BCUT2D eigenvalue weighted by molar-refractivity contribution is -0.140. The minimum absolute atomic E-state index is 0.179.